The second kappa shape index (κ2) is 2.41. The molecule has 0 saturated carbocycles. The molecule has 0 aromatic heterocycles. The van der Waals surface area contributed by atoms with E-state index in [0.29, 0.717) is 6.61 Å². The third-order valence-electron chi connectivity index (χ3n) is 1.22. The molecule has 1 rings (SSSR count). The van der Waals surface area contributed by atoms with Crippen molar-refractivity contribution < 1.29 is 13.6 Å². The van der Waals surface area contributed by atoms with E-state index in [4.69, 9.17) is 9.05 Å². The van der Waals surface area contributed by atoms with Crippen LogP contribution in [0.4, 0.5) is 0 Å². The van der Waals surface area contributed by atoms with Crippen LogP contribution in [-0.2, 0) is 13.6 Å². The van der Waals surface area contributed by atoms with Crippen molar-refractivity contribution in [1.82, 2.24) is 0 Å². The summed E-state index contributed by atoms with van der Waals surface area (Å²) in [5.41, 5.74) is 0. The normalized spacial score (nSPS) is 44.9. The van der Waals surface area contributed by atoms with Gasteiger partial charge in [0.2, 0.25) is 0 Å². The smallest absolute Gasteiger partial charge is 0.309 e. The Hall–Kier alpha value is 0.150. The van der Waals surface area contributed by atoms with Crippen LogP contribution in [0, 0.1) is 0 Å². The van der Waals surface area contributed by atoms with Crippen LogP contribution < -0.4 is 0 Å². The number of rotatable bonds is 0. The Labute approximate surface area is 54.9 Å². The predicted molar refractivity (Wildman–Crippen MR) is 34.6 cm³/mol. The molecule has 1 saturated heterocycles. The van der Waals surface area contributed by atoms with Crippen LogP contribution in [0.25, 0.3) is 0 Å². The van der Waals surface area contributed by atoms with Gasteiger partial charge in [-0.2, -0.15) is 0 Å². The molecule has 1 heterocycles. The Morgan fingerprint density at radius 2 is 2.33 bits per heavy atom. The Kier molecular flexibility index (Phi) is 1.94. The van der Waals surface area contributed by atoms with Gasteiger partial charge in [0, 0.05) is 6.66 Å². The van der Waals surface area contributed by atoms with Crippen molar-refractivity contribution in [3.63, 3.8) is 0 Å². The van der Waals surface area contributed by atoms with Gasteiger partial charge in [-0.15, -0.1) is 0 Å². The van der Waals surface area contributed by atoms with Gasteiger partial charge in [0.05, 0.1) is 12.7 Å². The fraction of sp³-hybridized carbons (Fsp3) is 1.00. The lowest BCUT2D eigenvalue weighted by atomic mass is 10.3. The fourth-order valence-electron chi connectivity index (χ4n) is 0.794. The highest BCUT2D eigenvalue weighted by molar-refractivity contribution is 7.53. The maximum atomic E-state index is 11.0. The Morgan fingerprint density at radius 1 is 1.67 bits per heavy atom. The molecule has 2 atom stereocenters. The van der Waals surface area contributed by atoms with Gasteiger partial charge in [-0.05, 0) is 13.3 Å². The molecule has 3 nitrogen and oxygen atoms in total. The van der Waals surface area contributed by atoms with E-state index in [1.165, 1.54) is 6.66 Å². The topological polar surface area (TPSA) is 35.5 Å². The summed E-state index contributed by atoms with van der Waals surface area (Å²) in [6.45, 7) is 3.97. The molecule has 0 aliphatic carbocycles. The first kappa shape index (κ1) is 7.26. The van der Waals surface area contributed by atoms with Crippen LogP contribution in [0.1, 0.15) is 13.3 Å². The monoisotopic (exact) mass is 150 g/mol. The molecule has 0 N–H and O–H groups in total. The first-order valence-corrected chi connectivity index (χ1v) is 4.99. The van der Waals surface area contributed by atoms with Crippen molar-refractivity contribution >= 4 is 7.60 Å². The number of hydrogen-bond acceptors (Lipinski definition) is 3. The lowest BCUT2D eigenvalue weighted by Crippen LogP contribution is -2.16. The zero-order valence-electron chi connectivity index (χ0n) is 5.66. The molecule has 4 heteroatoms. The molecule has 0 amide bonds. The van der Waals surface area contributed by atoms with E-state index in [9.17, 15) is 4.57 Å². The van der Waals surface area contributed by atoms with Crippen LogP contribution in [0.2, 0.25) is 0 Å². The molecule has 0 bridgehead atoms. The van der Waals surface area contributed by atoms with Gasteiger partial charge in [-0.25, -0.2) is 0 Å². The summed E-state index contributed by atoms with van der Waals surface area (Å²) >= 11 is 0. The third kappa shape index (κ3) is 2.09. The predicted octanol–water partition coefficient (Wildman–Crippen LogP) is 1.63. The molecular weight excluding hydrogens is 139 g/mol. The van der Waals surface area contributed by atoms with Gasteiger partial charge in [0.15, 0.2) is 0 Å². The average molecular weight is 150 g/mol. The Morgan fingerprint density at radius 3 is 2.67 bits per heavy atom. The minimum atomic E-state index is -2.64. The molecule has 9 heavy (non-hydrogen) atoms. The van der Waals surface area contributed by atoms with E-state index in [0.717, 1.165) is 6.42 Å². The second-order valence-electron chi connectivity index (χ2n) is 2.31. The minimum Gasteiger partial charge on any atom is -0.309 e. The highest BCUT2D eigenvalue weighted by Gasteiger charge is 2.25. The summed E-state index contributed by atoms with van der Waals surface area (Å²) in [4.78, 5) is 0. The Bertz CT molecular complexity index is 145. The summed E-state index contributed by atoms with van der Waals surface area (Å²) in [5, 5.41) is 0. The lowest BCUT2D eigenvalue weighted by molar-refractivity contribution is 0.0957. The van der Waals surface area contributed by atoms with Gasteiger partial charge in [0.25, 0.3) is 0 Å². The minimum absolute atomic E-state index is 0.0922. The van der Waals surface area contributed by atoms with E-state index in [-0.39, 0.29) is 6.10 Å². The second-order valence-corrected chi connectivity index (χ2v) is 4.32. The van der Waals surface area contributed by atoms with E-state index in [2.05, 4.69) is 0 Å². The summed E-state index contributed by atoms with van der Waals surface area (Å²) in [6, 6.07) is 0. The first-order chi connectivity index (χ1) is 4.10. The van der Waals surface area contributed by atoms with Crippen molar-refractivity contribution in [2.75, 3.05) is 13.3 Å². The van der Waals surface area contributed by atoms with E-state index < -0.39 is 7.60 Å². The molecule has 0 aromatic carbocycles. The zero-order valence-corrected chi connectivity index (χ0v) is 6.56. The fourth-order valence-corrected chi connectivity index (χ4v) is 2.05. The van der Waals surface area contributed by atoms with Crippen LogP contribution in [0.15, 0.2) is 0 Å². The summed E-state index contributed by atoms with van der Waals surface area (Å²) in [7, 11) is -2.64. The first-order valence-electron chi connectivity index (χ1n) is 3.00. The van der Waals surface area contributed by atoms with Crippen molar-refractivity contribution in [3.05, 3.63) is 0 Å². The van der Waals surface area contributed by atoms with Crippen LogP contribution in [-0.4, -0.2) is 19.4 Å². The largest absolute Gasteiger partial charge is 0.327 e. The van der Waals surface area contributed by atoms with Crippen LogP contribution >= 0.6 is 7.60 Å². The van der Waals surface area contributed by atoms with E-state index in [1.54, 1.807) is 0 Å². The molecule has 0 aromatic rings. The molecule has 0 spiro atoms. The van der Waals surface area contributed by atoms with E-state index >= 15 is 0 Å². The molecule has 1 aliphatic rings. The zero-order chi connectivity index (χ0) is 6.91. The molecule has 0 radical (unpaired) electrons. The van der Waals surface area contributed by atoms with E-state index in [1.807, 2.05) is 6.92 Å². The third-order valence-corrected chi connectivity index (χ3v) is 2.62. The molecule has 1 aliphatic heterocycles. The van der Waals surface area contributed by atoms with Gasteiger partial charge >= 0.3 is 7.60 Å². The maximum Gasteiger partial charge on any atom is 0.327 e. The van der Waals surface area contributed by atoms with Gasteiger partial charge in [-0.1, -0.05) is 0 Å². The van der Waals surface area contributed by atoms with Gasteiger partial charge < -0.3 is 9.05 Å². The standard InChI is InChI=1S/C5H11O3P/c1-5-3-4-7-9(2,6)8-5/h5H,3-4H2,1-2H3/t5-,9-/m0/s1. The highest BCUT2D eigenvalue weighted by Crippen LogP contribution is 2.48. The van der Waals surface area contributed by atoms with Crippen LogP contribution in [0.5, 0.6) is 0 Å². The van der Waals surface area contributed by atoms with Crippen molar-refractivity contribution in [3.8, 4) is 0 Å². The van der Waals surface area contributed by atoms with Crippen molar-refractivity contribution in [2.24, 2.45) is 0 Å². The average Bonchev–Trinajstić information content (AvgIpc) is 1.60. The quantitative estimate of drug-likeness (QED) is 0.492. The molecule has 1 fully saturated rings. The van der Waals surface area contributed by atoms with Crippen molar-refractivity contribution in [1.29, 1.82) is 0 Å². The summed E-state index contributed by atoms with van der Waals surface area (Å²) in [6.07, 6.45) is 0.937. The maximum absolute atomic E-state index is 11.0. The lowest BCUT2D eigenvalue weighted by Gasteiger charge is -2.24. The Balaban J connectivity index is 2.51. The summed E-state index contributed by atoms with van der Waals surface area (Å²) < 4.78 is 20.9. The van der Waals surface area contributed by atoms with Gasteiger partial charge in [0.1, 0.15) is 0 Å². The molecule has 54 valence electrons. The summed E-state index contributed by atoms with van der Waals surface area (Å²) in [5.74, 6) is 0. The number of hydrogen-bond donors (Lipinski definition) is 0. The van der Waals surface area contributed by atoms with Crippen molar-refractivity contribution in [2.45, 2.75) is 19.4 Å². The highest BCUT2D eigenvalue weighted by atomic mass is 31.2. The molecular formula is C5H11O3P. The van der Waals surface area contributed by atoms with Crippen LogP contribution in [0.3, 0.4) is 0 Å². The van der Waals surface area contributed by atoms with Gasteiger partial charge in [-0.3, -0.25) is 4.57 Å². The molecule has 0 unspecified atom stereocenters. The SMILES string of the molecule is C[C@H]1CCO[P@](C)(=O)O1.